The molecule has 0 saturated carbocycles. The van der Waals surface area contributed by atoms with E-state index in [2.05, 4.69) is 45.9 Å². The minimum Gasteiger partial charge on any atom is -0.496 e. The predicted octanol–water partition coefficient (Wildman–Crippen LogP) is 3.52. The Morgan fingerprint density at radius 3 is 2.44 bits per heavy atom. The largest absolute Gasteiger partial charge is 0.496 e. The number of hydrogen-bond donors (Lipinski definition) is 1. The summed E-state index contributed by atoms with van der Waals surface area (Å²) >= 11 is 0. The van der Waals surface area contributed by atoms with Gasteiger partial charge in [-0.25, -0.2) is 0 Å². The lowest BCUT2D eigenvalue weighted by Crippen LogP contribution is -2.34. The molecule has 2 heteroatoms. The molecule has 0 aliphatic carbocycles. The summed E-state index contributed by atoms with van der Waals surface area (Å²) < 4.78 is 5.52. The van der Waals surface area contributed by atoms with Crippen molar-refractivity contribution >= 4 is 0 Å². The quantitative estimate of drug-likeness (QED) is 0.837. The van der Waals surface area contributed by atoms with Crippen LogP contribution in [0, 0.1) is 5.92 Å². The molecule has 0 saturated heterocycles. The molecule has 0 radical (unpaired) electrons. The summed E-state index contributed by atoms with van der Waals surface area (Å²) in [5, 5.41) is 0. The van der Waals surface area contributed by atoms with Crippen LogP contribution < -0.4 is 10.5 Å². The van der Waals surface area contributed by atoms with Gasteiger partial charge in [0.2, 0.25) is 0 Å². The highest BCUT2D eigenvalue weighted by atomic mass is 16.5. The number of rotatable bonds is 6. The van der Waals surface area contributed by atoms with E-state index < -0.39 is 0 Å². The zero-order chi connectivity index (χ0) is 13.8. The van der Waals surface area contributed by atoms with Crippen LogP contribution in [0.2, 0.25) is 0 Å². The maximum atomic E-state index is 6.05. The van der Waals surface area contributed by atoms with Gasteiger partial charge >= 0.3 is 0 Å². The van der Waals surface area contributed by atoms with Gasteiger partial charge in [-0.05, 0) is 30.4 Å². The SMILES string of the molecule is CCc1ccc(OC)c(C(C)(CN)CC(C)C)c1. The van der Waals surface area contributed by atoms with E-state index in [1.165, 1.54) is 11.1 Å². The maximum absolute atomic E-state index is 6.05. The molecule has 1 aromatic carbocycles. The molecular weight excluding hydrogens is 222 g/mol. The van der Waals surface area contributed by atoms with Crippen LogP contribution in [-0.2, 0) is 11.8 Å². The number of ether oxygens (including phenoxy) is 1. The molecule has 0 aliphatic rings. The highest BCUT2D eigenvalue weighted by Crippen LogP contribution is 2.36. The van der Waals surface area contributed by atoms with Crippen molar-refractivity contribution in [3.8, 4) is 5.75 Å². The van der Waals surface area contributed by atoms with Gasteiger partial charge in [-0.1, -0.05) is 39.8 Å². The first kappa shape index (κ1) is 15.0. The summed E-state index contributed by atoms with van der Waals surface area (Å²) in [6.45, 7) is 9.54. The molecule has 1 aromatic rings. The highest BCUT2D eigenvalue weighted by molar-refractivity contribution is 5.42. The van der Waals surface area contributed by atoms with Crippen molar-refractivity contribution in [2.24, 2.45) is 11.7 Å². The van der Waals surface area contributed by atoms with Crippen LogP contribution in [0.15, 0.2) is 18.2 Å². The Morgan fingerprint density at radius 2 is 2.00 bits per heavy atom. The van der Waals surface area contributed by atoms with Crippen LogP contribution in [0.1, 0.15) is 45.2 Å². The van der Waals surface area contributed by atoms with Crippen LogP contribution in [-0.4, -0.2) is 13.7 Å². The summed E-state index contributed by atoms with van der Waals surface area (Å²) in [4.78, 5) is 0. The molecule has 102 valence electrons. The Bertz CT molecular complexity index is 387. The molecule has 0 amide bonds. The third kappa shape index (κ3) is 3.26. The van der Waals surface area contributed by atoms with Gasteiger partial charge in [0.15, 0.2) is 0 Å². The van der Waals surface area contributed by atoms with Crippen molar-refractivity contribution in [3.05, 3.63) is 29.3 Å². The molecule has 0 bridgehead atoms. The smallest absolute Gasteiger partial charge is 0.122 e. The first-order valence-corrected chi connectivity index (χ1v) is 6.84. The topological polar surface area (TPSA) is 35.2 Å². The fraction of sp³-hybridized carbons (Fsp3) is 0.625. The zero-order valence-electron chi connectivity index (χ0n) is 12.4. The lowest BCUT2D eigenvalue weighted by molar-refractivity contribution is 0.347. The second-order valence-corrected chi connectivity index (χ2v) is 5.75. The van der Waals surface area contributed by atoms with Crippen molar-refractivity contribution < 1.29 is 4.74 Å². The predicted molar refractivity (Wildman–Crippen MR) is 78.2 cm³/mol. The van der Waals surface area contributed by atoms with Crippen molar-refractivity contribution in [1.29, 1.82) is 0 Å². The van der Waals surface area contributed by atoms with Gasteiger partial charge in [0.25, 0.3) is 0 Å². The van der Waals surface area contributed by atoms with Crippen LogP contribution in [0.25, 0.3) is 0 Å². The van der Waals surface area contributed by atoms with Gasteiger partial charge in [0, 0.05) is 17.5 Å². The van der Waals surface area contributed by atoms with Gasteiger partial charge in [-0.2, -0.15) is 0 Å². The van der Waals surface area contributed by atoms with E-state index in [-0.39, 0.29) is 5.41 Å². The van der Waals surface area contributed by atoms with Crippen molar-refractivity contribution in [3.63, 3.8) is 0 Å². The van der Waals surface area contributed by atoms with E-state index in [0.717, 1.165) is 18.6 Å². The summed E-state index contributed by atoms with van der Waals surface area (Å²) in [5.74, 6) is 1.58. The first-order valence-electron chi connectivity index (χ1n) is 6.84. The molecule has 18 heavy (non-hydrogen) atoms. The van der Waals surface area contributed by atoms with Gasteiger partial charge in [-0.3, -0.25) is 0 Å². The van der Waals surface area contributed by atoms with Crippen LogP contribution >= 0.6 is 0 Å². The Morgan fingerprint density at radius 1 is 1.33 bits per heavy atom. The lowest BCUT2D eigenvalue weighted by atomic mass is 9.75. The number of aryl methyl sites for hydroxylation is 1. The molecule has 0 aromatic heterocycles. The average Bonchev–Trinajstić information content (AvgIpc) is 2.37. The van der Waals surface area contributed by atoms with Gasteiger partial charge in [0.1, 0.15) is 5.75 Å². The first-order chi connectivity index (χ1) is 8.46. The molecule has 0 spiro atoms. The molecule has 1 atom stereocenters. The molecule has 2 N–H and O–H groups in total. The van der Waals surface area contributed by atoms with Gasteiger partial charge < -0.3 is 10.5 Å². The average molecular weight is 249 g/mol. The van der Waals surface area contributed by atoms with E-state index >= 15 is 0 Å². The molecule has 0 aliphatic heterocycles. The van der Waals surface area contributed by atoms with Gasteiger partial charge in [0.05, 0.1) is 7.11 Å². The summed E-state index contributed by atoms with van der Waals surface area (Å²) in [6, 6.07) is 6.46. The minimum absolute atomic E-state index is 0.00924. The minimum atomic E-state index is -0.00924. The van der Waals surface area contributed by atoms with Crippen molar-refractivity contribution in [1.82, 2.24) is 0 Å². The van der Waals surface area contributed by atoms with Crippen molar-refractivity contribution in [2.45, 2.75) is 46.0 Å². The normalized spacial score (nSPS) is 14.6. The maximum Gasteiger partial charge on any atom is 0.122 e. The monoisotopic (exact) mass is 249 g/mol. The molecule has 1 rings (SSSR count). The molecular formula is C16H27NO. The fourth-order valence-electron chi connectivity index (χ4n) is 2.65. The number of nitrogens with two attached hydrogens (primary N) is 1. The third-order valence-electron chi connectivity index (χ3n) is 3.63. The lowest BCUT2D eigenvalue weighted by Gasteiger charge is -2.32. The molecule has 1 unspecified atom stereocenters. The molecule has 2 nitrogen and oxygen atoms in total. The van der Waals surface area contributed by atoms with Crippen LogP contribution in [0.4, 0.5) is 0 Å². The highest BCUT2D eigenvalue weighted by Gasteiger charge is 2.29. The second kappa shape index (κ2) is 6.24. The zero-order valence-corrected chi connectivity index (χ0v) is 12.4. The Hall–Kier alpha value is -1.02. The number of hydrogen-bond acceptors (Lipinski definition) is 2. The Kier molecular flexibility index (Phi) is 5.21. The van der Waals surface area contributed by atoms with Gasteiger partial charge in [-0.15, -0.1) is 0 Å². The summed E-state index contributed by atoms with van der Waals surface area (Å²) in [7, 11) is 1.73. The standard InChI is InChI=1S/C16H27NO/c1-6-13-7-8-15(18-5)14(9-13)16(4,11-17)10-12(2)3/h7-9,12H,6,10-11,17H2,1-5H3. The Labute approximate surface area is 112 Å². The van der Waals surface area contributed by atoms with E-state index in [0.29, 0.717) is 12.5 Å². The van der Waals surface area contributed by atoms with E-state index in [1.54, 1.807) is 7.11 Å². The second-order valence-electron chi connectivity index (χ2n) is 5.75. The number of methoxy groups -OCH3 is 1. The third-order valence-corrected chi connectivity index (χ3v) is 3.63. The molecule has 0 heterocycles. The summed E-state index contributed by atoms with van der Waals surface area (Å²) in [5.41, 5.74) is 8.63. The number of benzene rings is 1. The van der Waals surface area contributed by atoms with E-state index in [1.807, 2.05) is 0 Å². The van der Waals surface area contributed by atoms with E-state index in [4.69, 9.17) is 10.5 Å². The Balaban J connectivity index is 3.25. The van der Waals surface area contributed by atoms with Crippen LogP contribution in [0.5, 0.6) is 5.75 Å². The fourth-order valence-corrected chi connectivity index (χ4v) is 2.65. The van der Waals surface area contributed by atoms with Crippen molar-refractivity contribution in [2.75, 3.05) is 13.7 Å². The summed E-state index contributed by atoms with van der Waals surface area (Å²) in [6.07, 6.45) is 2.12. The molecule has 0 fully saturated rings. The van der Waals surface area contributed by atoms with E-state index in [9.17, 15) is 0 Å². The van der Waals surface area contributed by atoms with Crippen LogP contribution in [0.3, 0.4) is 0 Å².